The molecule has 1 aliphatic rings. The summed E-state index contributed by atoms with van der Waals surface area (Å²) in [5.41, 5.74) is 0. The quantitative estimate of drug-likeness (QED) is 0.774. The van der Waals surface area contributed by atoms with Gasteiger partial charge < -0.3 is 9.29 Å². The van der Waals surface area contributed by atoms with Crippen LogP contribution in [-0.2, 0) is 16.1 Å². The van der Waals surface area contributed by atoms with Crippen molar-refractivity contribution in [3.63, 3.8) is 0 Å². The van der Waals surface area contributed by atoms with Crippen molar-refractivity contribution >= 4 is 11.4 Å². The molecule has 3 nitrogen and oxygen atoms in total. The van der Waals surface area contributed by atoms with Gasteiger partial charge in [-0.2, -0.15) is 0 Å². The van der Waals surface area contributed by atoms with Crippen LogP contribution in [0.1, 0.15) is 47.0 Å². The minimum absolute atomic E-state index is 0.154. The van der Waals surface area contributed by atoms with Gasteiger partial charge in [-0.3, -0.25) is 0 Å². The zero-order valence-corrected chi connectivity index (χ0v) is 11.5. The predicted octanol–water partition coefficient (Wildman–Crippen LogP) is 2.51. The van der Waals surface area contributed by atoms with Crippen LogP contribution in [0.25, 0.3) is 0 Å². The molecule has 16 heavy (non-hydrogen) atoms. The SMILES string of the molecule is CC[C@@H](N[S@+]([O-])C(C)(C)C)[C@@H]1CCC=CO1. The molecule has 0 radical (unpaired) electrons. The third kappa shape index (κ3) is 4.00. The number of hydrogen-bond acceptors (Lipinski definition) is 3. The van der Waals surface area contributed by atoms with Gasteiger partial charge in [0.05, 0.1) is 12.3 Å². The van der Waals surface area contributed by atoms with E-state index in [4.69, 9.17) is 4.74 Å². The van der Waals surface area contributed by atoms with E-state index in [1.807, 2.05) is 26.8 Å². The summed E-state index contributed by atoms with van der Waals surface area (Å²) in [5.74, 6) is 0. The normalized spacial score (nSPS) is 24.9. The zero-order chi connectivity index (χ0) is 12.2. The molecule has 0 aromatic carbocycles. The summed E-state index contributed by atoms with van der Waals surface area (Å²) in [7, 11) is 0. The van der Waals surface area contributed by atoms with E-state index in [0.717, 1.165) is 19.3 Å². The van der Waals surface area contributed by atoms with E-state index in [2.05, 4.69) is 11.6 Å². The fourth-order valence-corrected chi connectivity index (χ4v) is 2.53. The first-order valence-corrected chi connectivity index (χ1v) is 7.08. The molecular weight excluding hydrogens is 222 g/mol. The molecule has 0 fully saturated rings. The third-order valence-electron chi connectivity index (χ3n) is 2.67. The molecule has 0 amide bonds. The minimum Gasteiger partial charge on any atom is -0.598 e. The lowest BCUT2D eigenvalue weighted by molar-refractivity contribution is 0.0919. The Labute approximate surface area is 102 Å². The Hall–Kier alpha value is -0.190. The molecule has 0 unspecified atom stereocenters. The summed E-state index contributed by atoms with van der Waals surface area (Å²) in [6, 6.07) is 0.171. The summed E-state index contributed by atoms with van der Waals surface area (Å²) >= 11 is -1.02. The Kier molecular flexibility index (Phi) is 5.15. The van der Waals surface area contributed by atoms with Crippen molar-refractivity contribution in [2.24, 2.45) is 0 Å². The molecule has 0 spiro atoms. The second-order valence-corrected chi connectivity index (χ2v) is 7.14. The number of allylic oxidation sites excluding steroid dienone is 1. The molecule has 0 aliphatic carbocycles. The van der Waals surface area contributed by atoms with Crippen molar-refractivity contribution in [3.05, 3.63) is 12.3 Å². The Bertz CT molecular complexity index is 238. The Morgan fingerprint density at radius 2 is 2.25 bits per heavy atom. The van der Waals surface area contributed by atoms with E-state index < -0.39 is 11.4 Å². The first-order valence-electron chi connectivity index (χ1n) is 5.93. The van der Waals surface area contributed by atoms with Crippen LogP contribution in [0, 0.1) is 0 Å². The first-order chi connectivity index (χ1) is 7.45. The monoisotopic (exact) mass is 245 g/mol. The molecule has 0 aromatic heterocycles. The smallest absolute Gasteiger partial charge is 0.136 e. The minimum atomic E-state index is -1.02. The Morgan fingerprint density at radius 3 is 2.69 bits per heavy atom. The van der Waals surface area contributed by atoms with Gasteiger partial charge in [0, 0.05) is 11.4 Å². The van der Waals surface area contributed by atoms with E-state index in [1.54, 1.807) is 6.26 Å². The van der Waals surface area contributed by atoms with Gasteiger partial charge in [-0.05, 0) is 46.1 Å². The molecule has 0 aromatic rings. The standard InChI is InChI=1S/C12H23NO2S/c1-5-10(11-8-6-7-9-15-11)13-16(14)12(2,3)4/h7,9-11,13H,5-6,8H2,1-4H3/t10-,11+,16-/m1/s1. The summed E-state index contributed by atoms with van der Waals surface area (Å²) in [4.78, 5) is 0. The highest BCUT2D eigenvalue weighted by Crippen LogP contribution is 2.20. The van der Waals surface area contributed by atoms with E-state index in [1.165, 1.54) is 0 Å². The molecule has 1 heterocycles. The van der Waals surface area contributed by atoms with Gasteiger partial charge >= 0.3 is 0 Å². The predicted molar refractivity (Wildman–Crippen MR) is 68.4 cm³/mol. The van der Waals surface area contributed by atoms with Gasteiger partial charge in [0.1, 0.15) is 10.9 Å². The van der Waals surface area contributed by atoms with Crippen LogP contribution >= 0.6 is 0 Å². The molecule has 1 N–H and O–H groups in total. The summed E-state index contributed by atoms with van der Waals surface area (Å²) in [5, 5.41) is 0. The highest BCUT2D eigenvalue weighted by atomic mass is 32.2. The van der Waals surface area contributed by atoms with Gasteiger partial charge in [0.15, 0.2) is 0 Å². The maximum Gasteiger partial charge on any atom is 0.136 e. The largest absolute Gasteiger partial charge is 0.598 e. The fraction of sp³-hybridized carbons (Fsp3) is 0.833. The molecule has 1 aliphatic heterocycles. The van der Waals surface area contributed by atoms with Crippen LogP contribution in [0.3, 0.4) is 0 Å². The van der Waals surface area contributed by atoms with Gasteiger partial charge in [-0.15, -0.1) is 4.72 Å². The van der Waals surface area contributed by atoms with Crippen LogP contribution in [0.4, 0.5) is 0 Å². The first kappa shape index (κ1) is 13.9. The fourth-order valence-electron chi connectivity index (χ4n) is 1.59. The number of hydrogen-bond donors (Lipinski definition) is 1. The van der Waals surface area contributed by atoms with Crippen molar-refractivity contribution in [2.75, 3.05) is 0 Å². The van der Waals surface area contributed by atoms with Crippen LogP contribution in [0.15, 0.2) is 12.3 Å². The van der Waals surface area contributed by atoms with E-state index in [-0.39, 0.29) is 16.9 Å². The number of ether oxygens (including phenoxy) is 1. The van der Waals surface area contributed by atoms with E-state index >= 15 is 0 Å². The van der Waals surface area contributed by atoms with Crippen LogP contribution in [0.5, 0.6) is 0 Å². The molecule has 4 heteroatoms. The molecule has 94 valence electrons. The van der Waals surface area contributed by atoms with Gasteiger partial charge in [-0.1, -0.05) is 6.92 Å². The van der Waals surface area contributed by atoms with Crippen molar-refractivity contribution in [2.45, 2.75) is 63.9 Å². The second-order valence-electron chi connectivity index (χ2n) is 5.14. The average molecular weight is 245 g/mol. The molecule has 0 saturated carbocycles. The highest BCUT2D eigenvalue weighted by Gasteiger charge is 2.32. The van der Waals surface area contributed by atoms with Crippen molar-refractivity contribution in [1.29, 1.82) is 0 Å². The zero-order valence-electron chi connectivity index (χ0n) is 10.7. The lowest BCUT2D eigenvalue weighted by atomic mass is 10.0. The van der Waals surface area contributed by atoms with Gasteiger partial charge in [-0.25, -0.2) is 0 Å². The van der Waals surface area contributed by atoms with Crippen LogP contribution in [0.2, 0.25) is 0 Å². The molecular formula is C12H23NO2S. The second kappa shape index (κ2) is 5.94. The maximum atomic E-state index is 12.0. The third-order valence-corrected chi connectivity index (χ3v) is 4.30. The summed E-state index contributed by atoms with van der Waals surface area (Å²) < 4.78 is 20.5. The van der Waals surface area contributed by atoms with Crippen LogP contribution in [-0.4, -0.2) is 21.4 Å². The van der Waals surface area contributed by atoms with Gasteiger partial charge in [0.2, 0.25) is 0 Å². The topological polar surface area (TPSA) is 44.3 Å². The average Bonchev–Trinajstić information content (AvgIpc) is 2.25. The summed E-state index contributed by atoms with van der Waals surface area (Å²) in [6.07, 6.45) is 6.93. The highest BCUT2D eigenvalue weighted by molar-refractivity contribution is 7.90. The maximum absolute atomic E-state index is 12.0. The summed E-state index contributed by atoms with van der Waals surface area (Å²) in [6.45, 7) is 8.03. The van der Waals surface area contributed by atoms with Crippen LogP contribution < -0.4 is 4.72 Å². The lowest BCUT2D eigenvalue weighted by Crippen LogP contribution is -2.49. The number of nitrogens with one attached hydrogen (secondary N) is 1. The molecule has 0 bridgehead atoms. The van der Waals surface area contributed by atoms with Crippen molar-refractivity contribution < 1.29 is 9.29 Å². The van der Waals surface area contributed by atoms with Gasteiger partial charge in [0.25, 0.3) is 0 Å². The Morgan fingerprint density at radius 1 is 1.56 bits per heavy atom. The van der Waals surface area contributed by atoms with Crippen molar-refractivity contribution in [1.82, 2.24) is 4.72 Å². The van der Waals surface area contributed by atoms with E-state index in [9.17, 15) is 4.55 Å². The molecule has 1 rings (SSSR count). The molecule has 0 saturated heterocycles. The van der Waals surface area contributed by atoms with E-state index in [0.29, 0.717) is 0 Å². The Balaban J connectivity index is 2.51. The van der Waals surface area contributed by atoms with Crippen molar-refractivity contribution in [3.8, 4) is 0 Å². The lowest BCUT2D eigenvalue weighted by Gasteiger charge is -2.32. The number of rotatable bonds is 4. The molecule has 3 atom stereocenters.